The third-order valence-electron chi connectivity index (χ3n) is 15.0. The average molecular weight is 931 g/mol. The molecule has 0 spiro atoms. The average Bonchev–Trinajstić information content (AvgIpc) is 3.70. The number of fused-ring (bicyclic) bond motifs is 8. The number of para-hydroxylation sites is 1. The molecule has 0 saturated heterocycles. The first-order chi connectivity index (χ1) is 33.5. The van der Waals surface area contributed by atoms with Gasteiger partial charge in [0.2, 0.25) is 0 Å². The van der Waals surface area contributed by atoms with Crippen molar-refractivity contribution in [1.29, 1.82) is 0 Å². The smallest absolute Gasteiger partial charge is 0.261 e. The number of hydrogen-bond donors (Lipinski definition) is 0. The minimum atomic E-state index is -0.206. The van der Waals surface area contributed by atoms with Crippen molar-refractivity contribution in [2.45, 2.75) is 119 Å². The topological polar surface area (TPSA) is 28.9 Å². The molecule has 0 radical (unpaired) electrons. The van der Waals surface area contributed by atoms with Gasteiger partial charge in [0.1, 0.15) is 22.7 Å². The first kappa shape index (κ1) is 46.4. The predicted molar refractivity (Wildman–Crippen MR) is 304 cm³/mol. The Balaban J connectivity index is 1.30. The quantitative estimate of drug-likeness (QED) is 0.161. The van der Waals surface area contributed by atoms with Gasteiger partial charge in [0, 0.05) is 33.8 Å². The van der Waals surface area contributed by atoms with Crippen LogP contribution in [-0.2, 0) is 21.7 Å². The number of furan rings is 1. The maximum atomic E-state index is 7.44. The van der Waals surface area contributed by atoms with Gasteiger partial charge < -0.3 is 19.0 Å². The minimum absolute atomic E-state index is 0.00426. The van der Waals surface area contributed by atoms with Gasteiger partial charge in [-0.05, 0) is 152 Å². The number of anilines is 6. The lowest BCUT2D eigenvalue weighted by Gasteiger charge is -2.41. The van der Waals surface area contributed by atoms with Gasteiger partial charge in [0.05, 0.1) is 11.1 Å². The fraction of sp³-hybridized carbons (Fsp3) is 0.273. The van der Waals surface area contributed by atoms with E-state index in [0.29, 0.717) is 0 Å². The third-order valence-corrected chi connectivity index (χ3v) is 15.0. The second-order valence-electron chi connectivity index (χ2n) is 24.5. The molecule has 5 heteroatoms. The van der Waals surface area contributed by atoms with Crippen molar-refractivity contribution in [1.82, 2.24) is 0 Å². The molecule has 0 unspecified atom stereocenters. The molecule has 0 N–H and O–H groups in total. The van der Waals surface area contributed by atoms with Crippen LogP contribution in [0.25, 0.3) is 33.1 Å². The normalized spacial score (nSPS) is 13.5. The van der Waals surface area contributed by atoms with Crippen molar-refractivity contribution in [2.75, 3.05) is 9.80 Å². The van der Waals surface area contributed by atoms with E-state index in [4.69, 9.17) is 9.15 Å². The van der Waals surface area contributed by atoms with Gasteiger partial charge in [-0.1, -0.05) is 179 Å². The number of ether oxygens (including phenoxy) is 1. The zero-order valence-electron chi connectivity index (χ0n) is 44.2. The lowest BCUT2D eigenvalue weighted by atomic mass is 9.33. The van der Waals surface area contributed by atoms with E-state index in [-0.39, 0.29) is 28.4 Å². The molecule has 1 aromatic heterocycles. The van der Waals surface area contributed by atoms with Crippen molar-refractivity contribution in [3.05, 3.63) is 185 Å². The van der Waals surface area contributed by atoms with Crippen LogP contribution < -0.4 is 30.9 Å². The van der Waals surface area contributed by atoms with Crippen LogP contribution in [0.2, 0.25) is 0 Å². The highest BCUT2D eigenvalue weighted by Gasteiger charge is 2.46. The van der Waals surface area contributed by atoms with Crippen molar-refractivity contribution in [2.24, 2.45) is 0 Å². The van der Waals surface area contributed by atoms with E-state index >= 15 is 0 Å². The SMILES string of the molecule is Cc1cc(C)cc(-c2cc3c4c(c2)N(c2ccc(C(C)(C)C)cc2)c2cc(N(c5ccc(C(C)(C)C)cc5)c5ccc(C(C)(C)C)cc5)c5c(oc6ccccc65)c2B4c2cc(C(C)(C)C)ccc2O3)c1. The molecule has 4 nitrogen and oxygen atoms in total. The Morgan fingerprint density at radius 3 is 1.54 bits per heavy atom. The maximum Gasteiger partial charge on any atom is 0.261 e. The van der Waals surface area contributed by atoms with Gasteiger partial charge in [-0.15, -0.1) is 0 Å². The number of nitrogens with zero attached hydrogens (tertiary/aromatic N) is 2. The summed E-state index contributed by atoms with van der Waals surface area (Å²) in [5, 5.41) is 2.16. The Kier molecular flexibility index (Phi) is 10.6. The van der Waals surface area contributed by atoms with Crippen molar-refractivity contribution >= 4 is 79.2 Å². The molecule has 8 aromatic carbocycles. The summed E-state index contributed by atoms with van der Waals surface area (Å²) >= 11 is 0. The van der Waals surface area contributed by atoms with Crippen molar-refractivity contribution < 1.29 is 9.15 Å². The van der Waals surface area contributed by atoms with E-state index in [1.54, 1.807) is 0 Å². The number of hydrogen-bond acceptors (Lipinski definition) is 4. The first-order valence-electron chi connectivity index (χ1n) is 25.5. The second-order valence-corrected chi connectivity index (χ2v) is 24.5. The van der Waals surface area contributed by atoms with E-state index < -0.39 is 0 Å². The van der Waals surface area contributed by atoms with Crippen LogP contribution >= 0.6 is 0 Å². The summed E-state index contributed by atoms with van der Waals surface area (Å²) < 4.78 is 14.7. The summed E-state index contributed by atoms with van der Waals surface area (Å²) in [5.41, 5.74) is 21.4. The van der Waals surface area contributed by atoms with Crippen LogP contribution in [-0.4, -0.2) is 6.71 Å². The molecule has 0 atom stereocenters. The molecule has 71 heavy (non-hydrogen) atoms. The Hall–Kier alpha value is -6.98. The van der Waals surface area contributed by atoms with E-state index in [1.165, 1.54) is 38.9 Å². The van der Waals surface area contributed by atoms with Crippen LogP contribution in [0.15, 0.2) is 156 Å². The molecule has 2 aliphatic heterocycles. The highest BCUT2D eigenvalue weighted by Crippen LogP contribution is 2.51. The van der Waals surface area contributed by atoms with Crippen LogP contribution in [0.4, 0.5) is 34.1 Å². The maximum absolute atomic E-state index is 7.44. The van der Waals surface area contributed by atoms with E-state index in [2.05, 4.69) is 258 Å². The second kappa shape index (κ2) is 16.3. The van der Waals surface area contributed by atoms with Crippen LogP contribution in [0.3, 0.4) is 0 Å². The summed E-state index contributed by atoms with van der Waals surface area (Å²) in [7, 11) is 0. The largest absolute Gasteiger partial charge is 0.458 e. The van der Waals surface area contributed by atoms with E-state index in [9.17, 15) is 0 Å². The molecule has 9 aromatic rings. The molecule has 0 aliphatic carbocycles. The van der Waals surface area contributed by atoms with Gasteiger partial charge in [-0.2, -0.15) is 0 Å². The molecule has 356 valence electrons. The lowest BCUT2D eigenvalue weighted by molar-refractivity contribution is 0.486. The molecule has 0 saturated carbocycles. The highest BCUT2D eigenvalue weighted by molar-refractivity contribution is 7.00. The van der Waals surface area contributed by atoms with E-state index in [0.717, 1.165) is 89.5 Å². The summed E-state index contributed by atoms with van der Waals surface area (Å²) in [5.74, 6) is 1.74. The van der Waals surface area contributed by atoms with Crippen molar-refractivity contribution in [3.8, 4) is 22.6 Å². The highest BCUT2D eigenvalue weighted by atomic mass is 16.5. The Bertz CT molecular complexity index is 3470. The zero-order chi connectivity index (χ0) is 50.1. The van der Waals surface area contributed by atoms with Gasteiger partial charge >= 0.3 is 0 Å². The third kappa shape index (κ3) is 8.02. The van der Waals surface area contributed by atoms with Gasteiger partial charge in [-0.25, -0.2) is 0 Å². The summed E-state index contributed by atoms with van der Waals surface area (Å²) in [6.45, 7) is 31.6. The number of benzene rings is 8. The summed E-state index contributed by atoms with van der Waals surface area (Å²) in [4.78, 5) is 4.97. The Morgan fingerprint density at radius 1 is 0.465 bits per heavy atom. The van der Waals surface area contributed by atoms with Crippen LogP contribution in [0.5, 0.6) is 11.5 Å². The first-order valence-corrected chi connectivity index (χ1v) is 25.5. The molecular formula is C66H67BN2O2. The molecule has 2 aliphatic rings. The number of aryl methyl sites for hydroxylation is 2. The molecule has 11 rings (SSSR count). The van der Waals surface area contributed by atoms with Gasteiger partial charge in [0.25, 0.3) is 6.71 Å². The molecular weight excluding hydrogens is 864 g/mol. The molecule has 3 heterocycles. The van der Waals surface area contributed by atoms with Crippen molar-refractivity contribution in [3.63, 3.8) is 0 Å². The minimum Gasteiger partial charge on any atom is -0.458 e. The van der Waals surface area contributed by atoms with Crippen LogP contribution in [0, 0.1) is 13.8 Å². The van der Waals surface area contributed by atoms with E-state index in [1.807, 2.05) is 0 Å². The van der Waals surface area contributed by atoms with Gasteiger partial charge in [-0.3, -0.25) is 0 Å². The fourth-order valence-electron chi connectivity index (χ4n) is 11.1. The molecule has 0 bridgehead atoms. The molecule has 0 amide bonds. The zero-order valence-corrected chi connectivity index (χ0v) is 44.2. The Morgan fingerprint density at radius 2 is 0.972 bits per heavy atom. The fourth-order valence-corrected chi connectivity index (χ4v) is 11.1. The Labute approximate surface area is 422 Å². The molecule has 0 fully saturated rings. The number of rotatable bonds is 5. The lowest BCUT2D eigenvalue weighted by Crippen LogP contribution is -2.60. The standard InChI is InChI=1S/C66H67BN2O2/c1-40-33-41(2)35-42(34-40)43-36-54-60-58(37-43)70-57-32-25-47(66(12,13)14)38-52(57)67(60)61-55(69(54)50-30-23-46(24-31-50)65(9,10)11)39-53(59-51-17-15-16-18-56(51)71-62(59)61)68(48-26-19-44(20-27-48)63(3,4)5)49-28-21-45(22-29-49)64(6,7)8/h15-39H,1-14H3. The van der Waals surface area contributed by atoms with Crippen LogP contribution in [0.1, 0.15) is 116 Å². The summed E-state index contributed by atoms with van der Waals surface area (Å²) in [6, 6.07) is 57.1. The summed E-state index contributed by atoms with van der Waals surface area (Å²) in [6.07, 6.45) is 0. The predicted octanol–water partition coefficient (Wildman–Crippen LogP) is 16.9. The van der Waals surface area contributed by atoms with Gasteiger partial charge in [0.15, 0.2) is 0 Å². The monoisotopic (exact) mass is 931 g/mol.